The summed E-state index contributed by atoms with van der Waals surface area (Å²) in [5.41, 5.74) is 2.66. The van der Waals surface area contributed by atoms with Crippen LogP contribution in [-0.2, 0) is 11.3 Å². The van der Waals surface area contributed by atoms with Gasteiger partial charge in [-0.25, -0.2) is 4.68 Å². The van der Waals surface area contributed by atoms with Gasteiger partial charge >= 0.3 is 6.61 Å². The summed E-state index contributed by atoms with van der Waals surface area (Å²) >= 11 is 0. The van der Waals surface area contributed by atoms with Crippen LogP contribution < -0.4 is 10.1 Å². The molecule has 0 saturated carbocycles. The maximum atomic E-state index is 12.5. The number of carbonyl (C=O) groups is 1. The lowest BCUT2D eigenvalue weighted by atomic mass is 9.87. The standard InChI is InChI=1S/C20H17F2N3O2/c21-20(22)27-15-8-4-7-14(9-15)16-10-18(26)24-19-17(16)11-23-25(19)12-13-5-2-1-3-6-13/h1-9,11,16,20H,10,12H2,(H,24,26)/t16-/m1/s1. The van der Waals surface area contributed by atoms with E-state index in [0.29, 0.717) is 12.4 Å². The average Bonchev–Trinajstić information content (AvgIpc) is 3.04. The molecule has 0 spiro atoms. The van der Waals surface area contributed by atoms with Gasteiger partial charge in [-0.3, -0.25) is 4.79 Å². The third kappa shape index (κ3) is 3.67. The van der Waals surface area contributed by atoms with Crippen molar-refractivity contribution in [2.75, 3.05) is 5.32 Å². The summed E-state index contributed by atoms with van der Waals surface area (Å²) < 4.78 is 31.2. The Labute approximate surface area is 154 Å². The SMILES string of the molecule is O=C1C[C@H](c2cccc(OC(F)F)c2)c2cnn(Cc3ccccc3)c2N1. The number of hydrogen-bond acceptors (Lipinski definition) is 3. The second kappa shape index (κ2) is 7.19. The van der Waals surface area contributed by atoms with Crippen LogP contribution in [0.25, 0.3) is 0 Å². The molecule has 7 heteroatoms. The highest BCUT2D eigenvalue weighted by Gasteiger charge is 2.30. The first-order valence-corrected chi connectivity index (χ1v) is 8.54. The summed E-state index contributed by atoms with van der Waals surface area (Å²) in [6.07, 6.45) is 1.95. The fraction of sp³-hybridized carbons (Fsp3) is 0.200. The fourth-order valence-corrected chi connectivity index (χ4v) is 3.35. The predicted octanol–water partition coefficient (Wildman–Crippen LogP) is 4.01. The Bertz CT molecular complexity index is 957. The van der Waals surface area contributed by atoms with Gasteiger partial charge in [0.1, 0.15) is 11.6 Å². The molecule has 2 heterocycles. The minimum Gasteiger partial charge on any atom is -0.435 e. The molecule has 0 bridgehead atoms. The van der Waals surface area contributed by atoms with Crippen LogP contribution in [0.2, 0.25) is 0 Å². The Kier molecular flexibility index (Phi) is 4.58. The molecular formula is C20H17F2N3O2. The minimum absolute atomic E-state index is 0.0757. The van der Waals surface area contributed by atoms with Crippen LogP contribution >= 0.6 is 0 Å². The first-order valence-electron chi connectivity index (χ1n) is 8.54. The number of fused-ring (bicyclic) bond motifs is 1. The number of anilines is 1. The zero-order valence-corrected chi connectivity index (χ0v) is 14.3. The van der Waals surface area contributed by atoms with Crippen molar-refractivity contribution in [3.8, 4) is 5.75 Å². The van der Waals surface area contributed by atoms with Crippen molar-refractivity contribution in [3.05, 3.63) is 77.5 Å². The van der Waals surface area contributed by atoms with Crippen LogP contribution in [0, 0.1) is 0 Å². The van der Waals surface area contributed by atoms with Crippen LogP contribution in [0.4, 0.5) is 14.6 Å². The van der Waals surface area contributed by atoms with E-state index in [0.717, 1.165) is 16.7 Å². The molecule has 0 saturated heterocycles. The lowest BCUT2D eigenvalue weighted by Crippen LogP contribution is -2.25. The summed E-state index contributed by atoms with van der Waals surface area (Å²) in [4.78, 5) is 12.3. The highest BCUT2D eigenvalue weighted by atomic mass is 19.3. The molecule has 1 aliphatic heterocycles. The lowest BCUT2D eigenvalue weighted by molar-refractivity contribution is -0.116. The molecular weight excluding hydrogens is 352 g/mol. The van der Waals surface area contributed by atoms with Gasteiger partial charge in [0.2, 0.25) is 5.91 Å². The third-order valence-electron chi connectivity index (χ3n) is 4.55. The normalized spacial score (nSPS) is 16.1. The van der Waals surface area contributed by atoms with Crippen molar-refractivity contribution >= 4 is 11.7 Å². The number of amides is 1. The molecule has 0 fully saturated rings. The molecule has 1 atom stereocenters. The Morgan fingerprint density at radius 1 is 1.19 bits per heavy atom. The van der Waals surface area contributed by atoms with E-state index in [4.69, 9.17) is 0 Å². The summed E-state index contributed by atoms with van der Waals surface area (Å²) in [5, 5.41) is 7.31. The van der Waals surface area contributed by atoms with E-state index in [1.54, 1.807) is 29.1 Å². The number of aromatic nitrogens is 2. The van der Waals surface area contributed by atoms with Gasteiger partial charge in [-0.05, 0) is 23.3 Å². The second-order valence-corrected chi connectivity index (χ2v) is 6.35. The number of halogens is 2. The van der Waals surface area contributed by atoms with Crippen molar-refractivity contribution in [2.24, 2.45) is 0 Å². The molecule has 2 aromatic carbocycles. The highest BCUT2D eigenvalue weighted by molar-refractivity contribution is 5.94. The molecule has 0 unspecified atom stereocenters. The van der Waals surface area contributed by atoms with Crippen LogP contribution in [0.3, 0.4) is 0 Å². The smallest absolute Gasteiger partial charge is 0.387 e. The molecule has 138 valence electrons. The number of hydrogen-bond donors (Lipinski definition) is 1. The van der Waals surface area contributed by atoms with Gasteiger partial charge in [-0.1, -0.05) is 42.5 Å². The van der Waals surface area contributed by atoms with Gasteiger partial charge < -0.3 is 10.1 Å². The van der Waals surface area contributed by atoms with E-state index < -0.39 is 6.61 Å². The number of alkyl halides is 2. The molecule has 5 nitrogen and oxygen atoms in total. The summed E-state index contributed by atoms with van der Waals surface area (Å²) in [6.45, 7) is -2.36. The molecule has 0 radical (unpaired) electrons. The number of nitrogens with one attached hydrogen (secondary N) is 1. The van der Waals surface area contributed by atoms with Crippen LogP contribution in [0.1, 0.15) is 29.0 Å². The molecule has 4 rings (SSSR count). The van der Waals surface area contributed by atoms with E-state index in [1.807, 2.05) is 30.3 Å². The number of ether oxygens (including phenoxy) is 1. The molecule has 1 aromatic heterocycles. The first kappa shape index (κ1) is 17.2. The molecule has 1 amide bonds. The van der Waals surface area contributed by atoms with Gasteiger partial charge in [-0.15, -0.1) is 0 Å². The topological polar surface area (TPSA) is 56.1 Å². The largest absolute Gasteiger partial charge is 0.435 e. The van der Waals surface area contributed by atoms with E-state index in [1.165, 1.54) is 6.07 Å². The van der Waals surface area contributed by atoms with Crippen molar-refractivity contribution in [1.29, 1.82) is 0 Å². The number of nitrogens with zero attached hydrogens (tertiary/aromatic N) is 2. The first-order chi connectivity index (χ1) is 13.1. The van der Waals surface area contributed by atoms with Gasteiger partial charge in [0.05, 0.1) is 12.7 Å². The lowest BCUT2D eigenvalue weighted by Gasteiger charge is -2.24. The molecule has 1 N–H and O–H groups in total. The second-order valence-electron chi connectivity index (χ2n) is 6.35. The van der Waals surface area contributed by atoms with E-state index >= 15 is 0 Å². The van der Waals surface area contributed by atoms with Crippen LogP contribution in [0.5, 0.6) is 5.75 Å². The monoisotopic (exact) mass is 369 g/mol. The predicted molar refractivity (Wildman–Crippen MR) is 95.9 cm³/mol. The molecule has 1 aliphatic rings. The number of benzene rings is 2. The van der Waals surface area contributed by atoms with E-state index in [-0.39, 0.29) is 24.0 Å². The van der Waals surface area contributed by atoms with Gasteiger partial charge in [0.25, 0.3) is 0 Å². The zero-order chi connectivity index (χ0) is 18.8. The van der Waals surface area contributed by atoms with Crippen molar-refractivity contribution in [2.45, 2.75) is 25.5 Å². The highest BCUT2D eigenvalue weighted by Crippen LogP contribution is 2.38. The average molecular weight is 369 g/mol. The maximum Gasteiger partial charge on any atom is 0.387 e. The van der Waals surface area contributed by atoms with Crippen molar-refractivity contribution < 1.29 is 18.3 Å². The summed E-state index contributed by atoms with van der Waals surface area (Å²) in [6, 6.07) is 16.3. The van der Waals surface area contributed by atoms with Crippen LogP contribution in [-0.4, -0.2) is 22.3 Å². The van der Waals surface area contributed by atoms with Gasteiger partial charge in [-0.2, -0.15) is 13.9 Å². The Hall–Kier alpha value is -3.22. The summed E-state index contributed by atoms with van der Waals surface area (Å²) in [5.74, 6) is 0.314. The molecule has 3 aromatic rings. The number of carbonyl (C=O) groups excluding carboxylic acids is 1. The summed E-state index contributed by atoms with van der Waals surface area (Å²) in [7, 11) is 0. The van der Waals surface area contributed by atoms with Gasteiger partial charge in [0, 0.05) is 17.9 Å². The Morgan fingerprint density at radius 2 is 2.00 bits per heavy atom. The quantitative estimate of drug-likeness (QED) is 0.739. The minimum atomic E-state index is -2.89. The van der Waals surface area contributed by atoms with Gasteiger partial charge in [0.15, 0.2) is 0 Å². The molecule has 0 aliphatic carbocycles. The number of rotatable bonds is 5. The van der Waals surface area contributed by atoms with E-state index in [9.17, 15) is 13.6 Å². The Morgan fingerprint density at radius 3 is 2.78 bits per heavy atom. The van der Waals surface area contributed by atoms with Crippen LogP contribution in [0.15, 0.2) is 60.8 Å². The third-order valence-corrected chi connectivity index (χ3v) is 4.55. The Balaban J connectivity index is 1.67. The van der Waals surface area contributed by atoms with E-state index in [2.05, 4.69) is 15.2 Å². The fourth-order valence-electron chi connectivity index (χ4n) is 3.35. The maximum absolute atomic E-state index is 12.5. The van der Waals surface area contributed by atoms with Crippen molar-refractivity contribution in [3.63, 3.8) is 0 Å². The van der Waals surface area contributed by atoms with Crippen molar-refractivity contribution in [1.82, 2.24) is 9.78 Å². The molecule has 27 heavy (non-hydrogen) atoms. The zero-order valence-electron chi connectivity index (χ0n) is 14.3.